The molecule has 0 atom stereocenters. The number of rotatable bonds is 2. The van der Waals surface area contributed by atoms with E-state index in [1.54, 1.807) is 0 Å². The van der Waals surface area contributed by atoms with E-state index in [0.717, 1.165) is 16.4 Å². The molecule has 0 bridgehead atoms. The van der Waals surface area contributed by atoms with Crippen molar-refractivity contribution in [2.45, 2.75) is 0 Å². The first kappa shape index (κ1) is 13.1. The third-order valence-corrected chi connectivity index (χ3v) is 2.54. The zero-order chi connectivity index (χ0) is 9.80. The second-order valence-corrected chi connectivity index (χ2v) is 3.47. The van der Waals surface area contributed by atoms with Crippen molar-refractivity contribution < 1.29 is 40.4 Å². The minimum atomic E-state index is 0. The molecule has 0 radical (unpaired) electrons. The zero-order valence-electron chi connectivity index (χ0n) is 8.09. The summed E-state index contributed by atoms with van der Waals surface area (Å²) in [5.41, 5.74) is 2.21. The van der Waals surface area contributed by atoms with Gasteiger partial charge < -0.3 is 12.6 Å². The van der Waals surface area contributed by atoms with E-state index < -0.39 is 0 Å². The molecule has 2 heteroatoms. The van der Waals surface area contributed by atoms with Gasteiger partial charge >= 0.3 is 0 Å². The predicted octanol–water partition coefficient (Wildman–Crippen LogP) is 3.16. The van der Waals surface area contributed by atoms with Gasteiger partial charge in [-0.05, 0) is 0 Å². The first-order chi connectivity index (χ1) is 6.88. The first-order valence-corrected chi connectivity index (χ1v) is 4.93. The van der Waals surface area contributed by atoms with Crippen molar-refractivity contribution in [2.24, 2.45) is 0 Å². The van der Waals surface area contributed by atoms with Gasteiger partial charge in [0.2, 0.25) is 0 Å². The Kier molecular flexibility index (Phi) is 5.71. The van der Waals surface area contributed by atoms with E-state index >= 15 is 0 Å². The molecule has 2 aromatic carbocycles. The van der Waals surface area contributed by atoms with Crippen LogP contribution >= 0.6 is 0 Å². The SMILES string of the molecule is [S-][C-](c1ccccc1)c1ccccc1.[Sm]. The molecule has 0 spiro atoms. The average Bonchev–Trinajstić information content (AvgIpc) is 2.30. The van der Waals surface area contributed by atoms with Gasteiger partial charge in [-0.25, -0.2) is 0 Å². The molecule has 0 nitrogen and oxygen atoms in total. The van der Waals surface area contributed by atoms with Crippen molar-refractivity contribution in [3.05, 3.63) is 77.0 Å². The van der Waals surface area contributed by atoms with Gasteiger partial charge in [0.25, 0.3) is 0 Å². The standard InChI is InChI=1S/C13H10S.Sm/c14-13(11-7-3-1-4-8-11)12-9-5-2-6-10-12;/h1-10H;/q-2;. The van der Waals surface area contributed by atoms with Crippen LogP contribution in [0.3, 0.4) is 0 Å². The molecule has 0 fully saturated rings. The molecule has 0 saturated heterocycles. The smallest absolute Gasteiger partial charge is 0 e. The van der Waals surface area contributed by atoms with Crippen LogP contribution < -0.4 is 0 Å². The Morgan fingerprint density at radius 2 is 1.00 bits per heavy atom. The summed E-state index contributed by atoms with van der Waals surface area (Å²) in [6.07, 6.45) is 0. The number of benzene rings is 2. The summed E-state index contributed by atoms with van der Waals surface area (Å²) in [5, 5.41) is 0.909. The monoisotopic (exact) mass is 350 g/mol. The van der Waals surface area contributed by atoms with Gasteiger partial charge in [0.1, 0.15) is 0 Å². The van der Waals surface area contributed by atoms with Crippen LogP contribution in [0.1, 0.15) is 11.1 Å². The van der Waals surface area contributed by atoms with E-state index in [1.807, 2.05) is 60.7 Å². The second-order valence-electron chi connectivity index (χ2n) is 3.06. The molecule has 76 valence electrons. The molecule has 0 aromatic heterocycles. The molecule has 15 heavy (non-hydrogen) atoms. The molecule has 0 amide bonds. The Balaban J connectivity index is 0.00000112. The third kappa shape index (κ3) is 3.50. The van der Waals surface area contributed by atoms with Gasteiger partial charge in [-0.2, -0.15) is 0 Å². The van der Waals surface area contributed by atoms with Gasteiger partial charge in [-0.3, -0.25) is 5.25 Å². The number of hydrogen-bond acceptors (Lipinski definition) is 1. The summed E-state index contributed by atoms with van der Waals surface area (Å²) in [6.45, 7) is 0. The largest absolute Gasteiger partial charge is 0.807 e. The Hall–Kier alpha value is -0.00234. The summed E-state index contributed by atoms with van der Waals surface area (Å²) >= 11 is 5.39. The van der Waals surface area contributed by atoms with Gasteiger partial charge in [-0.1, -0.05) is 36.4 Å². The zero-order valence-corrected chi connectivity index (χ0v) is 11.5. The fraction of sp³-hybridized carbons (Fsp3) is 0. The minimum Gasteiger partial charge on any atom is -0.807 e. The molecule has 0 N–H and O–H groups in total. The van der Waals surface area contributed by atoms with Crippen molar-refractivity contribution in [3.63, 3.8) is 0 Å². The third-order valence-electron chi connectivity index (χ3n) is 2.07. The van der Waals surface area contributed by atoms with Crippen molar-refractivity contribution >= 4 is 12.6 Å². The van der Waals surface area contributed by atoms with E-state index in [9.17, 15) is 0 Å². The average molecular weight is 349 g/mol. The van der Waals surface area contributed by atoms with Crippen LogP contribution in [0.2, 0.25) is 0 Å². The second kappa shape index (κ2) is 6.55. The van der Waals surface area contributed by atoms with Crippen molar-refractivity contribution in [1.29, 1.82) is 0 Å². The van der Waals surface area contributed by atoms with Crippen LogP contribution in [0.15, 0.2) is 60.7 Å². The first-order valence-electron chi connectivity index (χ1n) is 4.53. The van der Waals surface area contributed by atoms with Gasteiger partial charge in [0.15, 0.2) is 0 Å². The normalized spacial score (nSPS) is 9.13. The molecule has 0 aliphatic carbocycles. The van der Waals surface area contributed by atoms with Crippen LogP contribution in [0.5, 0.6) is 0 Å². The summed E-state index contributed by atoms with van der Waals surface area (Å²) in [6, 6.07) is 20.2. The van der Waals surface area contributed by atoms with E-state index in [1.165, 1.54) is 0 Å². The van der Waals surface area contributed by atoms with Crippen molar-refractivity contribution in [2.75, 3.05) is 0 Å². The molecule has 0 aliphatic heterocycles. The summed E-state index contributed by atoms with van der Waals surface area (Å²) < 4.78 is 0. The van der Waals surface area contributed by atoms with Gasteiger partial charge in [0.05, 0.1) is 0 Å². The summed E-state index contributed by atoms with van der Waals surface area (Å²) in [4.78, 5) is 0. The molecule has 0 unspecified atom stereocenters. The van der Waals surface area contributed by atoms with Gasteiger partial charge in [0, 0.05) is 40.4 Å². The van der Waals surface area contributed by atoms with E-state index in [0.29, 0.717) is 0 Å². The maximum Gasteiger partial charge on any atom is 0 e. The topological polar surface area (TPSA) is 0 Å². The Bertz CT molecular complexity index is 346. The minimum absolute atomic E-state index is 0. The maximum atomic E-state index is 5.39. The Labute approximate surface area is 129 Å². The Morgan fingerprint density at radius 3 is 1.33 bits per heavy atom. The quantitative estimate of drug-likeness (QED) is 0.593. The molecule has 0 aliphatic rings. The molecule has 0 saturated carbocycles. The summed E-state index contributed by atoms with van der Waals surface area (Å²) in [7, 11) is 0. The van der Waals surface area contributed by atoms with Crippen molar-refractivity contribution in [1.82, 2.24) is 0 Å². The van der Waals surface area contributed by atoms with E-state index in [4.69, 9.17) is 12.6 Å². The molecular formula is C13H10SSm-2. The predicted molar refractivity (Wildman–Crippen MR) is 61.7 cm³/mol. The molecular weight excluding hydrogens is 339 g/mol. The van der Waals surface area contributed by atoms with Crippen LogP contribution in [0.25, 0.3) is 0 Å². The van der Waals surface area contributed by atoms with Crippen LogP contribution in [0.4, 0.5) is 0 Å². The maximum absolute atomic E-state index is 5.39. The van der Waals surface area contributed by atoms with Gasteiger partial charge in [-0.15, -0.1) is 35.4 Å². The molecule has 0 heterocycles. The van der Waals surface area contributed by atoms with Crippen molar-refractivity contribution in [3.8, 4) is 0 Å². The van der Waals surface area contributed by atoms with E-state index in [2.05, 4.69) is 0 Å². The number of hydrogen-bond donors (Lipinski definition) is 0. The molecule has 2 aromatic rings. The molecule has 2 rings (SSSR count). The summed E-state index contributed by atoms with van der Waals surface area (Å²) in [5.74, 6) is 0. The fourth-order valence-corrected chi connectivity index (χ4v) is 1.62. The van der Waals surface area contributed by atoms with Crippen LogP contribution in [-0.2, 0) is 12.6 Å². The Morgan fingerprint density at radius 1 is 0.667 bits per heavy atom. The fourth-order valence-electron chi connectivity index (χ4n) is 1.35. The van der Waals surface area contributed by atoms with E-state index in [-0.39, 0.29) is 40.4 Å². The van der Waals surface area contributed by atoms with Crippen LogP contribution in [-0.4, -0.2) is 0 Å². The van der Waals surface area contributed by atoms with Crippen LogP contribution in [0, 0.1) is 45.6 Å².